The van der Waals surface area contributed by atoms with E-state index >= 15 is 0 Å². The molecule has 3 N–H and O–H groups in total. The van der Waals surface area contributed by atoms with Crippen molar-refractivity contribution in [3.8, 4) is 0 Å². The van der Waals surface area contributed by atoms with Gasteiger partial charge in [-0.15, -0.1) is 0 Å². The first-order valence-corrected chi connectivity index (χ1v) is 8.09. The highest BCUT2D eigenvalue weighted by atomic mass is 19.1. The Hall–Kier alpha value is -2.48. The second kappa shape index (κ2) is 8.06. The predicted molar refractivity (Wildman–Crippen MR) is 89.1 cm³/mol. The Balaban J connectivity index is 1.90. The third kappa shape index (κ3) is 4.76. The first-order valence-electron chi connectivity index (χ1n) is 8.09. The van der Waals surface area contributed by atoms with E-state index in [0.717, 1.165) is 0 Å². The van der Waals surface area contributed by atoms with Gasteiger partial charge in [-0.25, -0.2) is 4.39 Å². The van der Waals surface area contributed by atoms with E-state index in [4.69, 9.17) is 5.11 Å². The van der Waals surface area contributed by atoms with Crippen LogP contribution in [0.3, 0.4) is 0 Å². The minimum absolute atomic E-state index is 0.145. The highest BCUT2D eigenvalue weighted by molar-refractivity contribution is 6.35. The molecule has 0 unspecified atom stereocenters. The van der Waals surface area contributed by atoms with Crippen molar-refractivity contribution in [2.75, 3.05) is 25.0 Å². The zero-order chi connectivity index (χ0) is 18.6. The third-order valence-corrected chi connectivity index (χ3v) is 4.12. The van der Waals surface area contributed by atoms with Crippen LogP contribution in [-0.4, -0.2) is 53.5 Å². The molecule has 2 rings (SSSR count). The van der Waals surface area contributed by atoms with Crippen molar-refractivity contribution in [2.24, 2.45) is 5.92 Å². The maximum absolute atomic E-state index is 13.3. The number of hydrogen-bond acceptors (Lipinski definition) is 4. The molecule has 0 bridgehead atoms. The number of nitrogens with one attached hydrogen (secondary N) is 2. The fourth-order valence-electron chi connectivity index (χ4n) is 2.60. The number of carbonyl (C=O) groups excluding carboxylic acids is 3. The molecule has 1 aromatic rings. The van der Waals surface area contributed by atoms with E-state index in [0.29, 0.717) is 24.2 Å². The number of likely N-dealkylation sites (tertiary alicyclic amines) is 1. The lowest BCUT2D eigenvalue weighted by Gasteiger charge is -2.17. The van der Waals surface area contributed by atoms with E-state index in [1.807, 2.05) is 0 Å². The molecule has 25 heavy (non-hydrogen) atoms. The zero-order valence-electron chi connectivity index (χ0n) is 14.2. The Kier molecular flexibility index (Phi) is 6.08. The molecule has 0 spiro atoms. The summed E-state index contributed by atoms with van der Waals surface area (Å²) in [5, 5.41) is 14.0. The summed E-state index contributed by atoms with van der Waals surface area (Å²) < 4.78 is 13.3. The predicted octanol–water partition coefficient (Wildman–Crippen LogP) is 0.418. The third-order valence-electron chi connectivity index (χ3n) is 4.12. The number of aliphatic hydroxyl groups excluding tert-OH is 1. The van der Waals surface area contributed by atoms with Gasteiger partial charge in [-0.2, -0.15) is 0 Å². The second-order valence-electron chi connectivity index (χ2n) is 6.25. The van der Waals surface area contributed by atoms with Crippen LogP contribution in [0.1, 0.15) is 18.9 Å². The topological polar surface area (TPSA) is 98.7 Å². The first kappa shape index (κ1) is 18.9. The number of anilines is 1. The van der Waals surface area contributed by atoms with Crippen LogP contribution >= 0.6 is 0 Å². The van der Waals surface area contributed by atoms with E-state index in [1.165, 1.54) is 23.1 Å². The molecule has 0 aromatic heterocycles. The quantitative estimate of drug-likeness (QED) is 0.685. The molecule has 1 aromatic carbocycles. The second-order valence-corrected chi connectivity index (χ2v) is 6.25. The average molecular weight is 351 g/mol. The molecule has 1 fully saturated rings. The van der Waals surface area contributed by atoms with Crippen molar-refractivity contribution in [1.82, 2.24) is 10.2 Å². The van der Waals surface area contributed by atoms with E-state index in [9.17, 15) is 18.8 Å². The van der Waals surface area contributed by atoms with Gasteiger partial charge in [0, 0.05) is 24.8 Å². The molecule has 1 heterocycles. The molecule has 0 saturated carbocycles. The maximum Gasteiger partial charge on any atom is 0.311 e. The Labute approximate surface area is 145 Å². The number of halogens is 1. The molecule has 1 aliphatic rings. The molecular formula is C17H22FN3O4. The number of rotatable bonds is 4. The summed E-state index contributed by atoms with van der Waals surface area (Å²) in [6.45, 7) is 3.37. The Bertz CT molecular complexity index is 680. The van der Waals surface area contributed by atoms with Gasteiger partial charge in [0.2, 0.25) is 5.91 Å². The molecular weight excluding hydrogens is 329 g/mol. The van der Waals surface area contributed by atoms with Crippen molar-refractivity contribution < 1.29 is 23.9 Å². The Morgan fingerprint density at radius 3 is 2.76 bits per heavy atom. The number of hydrogen-bond donors (Lipinski definition) is 3. The number of nitrogens with zero attached hydrogens (tertiary/aromatic N) is 1. The Morgan fingerprint density at radius 2 is 2.12 bits per heavy atom. The fourth-order valence-corrected chi connectivity index (χ4v) is 2.60. The van der Waals surface area contributed by atoms with E-state index in [-0.39, 0.29) is 24.9 Å². The van der Waals surface area contributed by atoms with Crippen LogP contribution in [0.15, 0.2) is 18.2 Å². The van der Waals surface area contributed by atoms with E-state index < -0.39 is 23.8 Å². The summed E-state index contributed by atoms with van der Waals surface area (Å²) in [5.74, 6) is -2.56. The lowest BCUT2D eigenvalue weighted by Crippen LogP contribution is -2.46. The lowest BCUT2D eigenvalue weighted by atomic mass is 10.1. The lowest BCUT2D eigenvalue weighted by molar-refractivity contribution is -0.145. The van der Waals surface area contributed by atoms with Gasteiger partial charge in [-0.1, -0.05) is 0 Å². The van der Waals surface area contributed by atoms with Crippen LogP contribution in [0.2, 0.25) is 0 Å². The van der Waals surface area contributed by atoms with Crippen LogP contribution < -0.4 is 10.6 Å². The van der Waals surface area contributed by atoms with Crippen LogP contribution in [0.4, 0.5) is 10.1 Å². The molecule has 1 saturated heterocycles. The van der Waals surface area contributed by atoms with Crippen LogP contribution in [0.25, 0.3) is 0 Å². The van der Waals surface area contributed by atoms with E-state index in [1.54, 1.807) is 13.8 Å². The number of aryl methyl sites for hydroxylation is 1. The summed E-state index contributed by atoms with van der Waals surface area (Å²) in [7, 11) is 0. The molecule has 2 atom stereocenters. The van der Waals surface area contributed by atoms with Gasteiger partial charge in [-0.05, 0) is 44.0 Å². The zero-order valence-corrected chi connectivity index (χ0v) is 14.2. The molecule has 1 aliphatic heterocycles. The molecule has 136 valence electrons. The van der Waals surface area contributed by atoms with Crippen molar-refractivity contribution >= 4 is 23.4 Å². The van der Waals surface area contributed by atoms with Gasteiger partial charge < -0.3 is 20.6 Å². The van der Waals surface area contributed by atoms with Crippen LogP contribution in [-0.2, 0) is 14.4 Å². The number of aliphatic hydroxyl groups is 1. The SMILES string of the molecule is Cc1cc(NC(=O)[C@H]2CCN(C(=O)C(=O)N[C@H](C)CO)C2)ccc1F. The minimum Gasteiger partial charge on any atom is -0.394 e. The largest absolute Gasteiger partial charge is 0.394 e. The number of amides is 3. The van der Waals surface area contributed by atoms with E-state index in [2.05, 4.69) is 10.6 Å². The van der Waals surface area contributed by atoms with Gasteiger partial charge >= 0.3 is 11.8 Å². The molecule has 3 amide bonds. The fraction of sp³-hybridized carbons (Fsp3) is 0.471. The minimum atomic E-state index is -0.795. The van der Waals surface area contributed by atoms with Gasteiger partial charge in [0.05, 0.1) is 12.5 Å². The molecule has 0 aliphatic carbocycles. The average Bonchev–Trinajstić information content (AvgIpc) is 3.07. The van der Waals surface area contributed by atoms with Gasteiger partial charge in [0.25, 0.3) is 0 Å². The summed E-state index contributed by atoms with van der Waals surface area (Å²) in [6.07, 6.45) is 0.445. The summed E-state index contributed by atoms with van der Waals surface area (Å²) in [4.78, 5) is 37.5. The summed E-state index contributed by atoms with van der Waals surface area (Å²) in [5.41, 5.74) is 0.916. The van der Waals surface area contributed by atoms with Crippen molar-refractivity contribution in [3.63, 3.8) is 0 Å². The summed E-state index contributed by atoms with van der Waals surface area (Å²) >= 11 is 0. The highest BCUT2D eigenvalue weighted by Gasteiger charge is 2.34. The molecule has 0 radical (unpaired) electrons. The van der Waals surface area contributed by atoms with Crippen LogP contribution in [0, 0.1) is 18.7 Å². The molecule has 7 nitrogen and oxygen atoms in total. The Morgan fingerprint density at radius 1 is 1.40 bits per heavy atom. The highest BCUT2D eigenvalue weighted by Crippen LogP contribution is 2.20. The molecule has 8 heteroatoms. The maximum atomic E-state index is 13.3. The normalized spacial score (nSPS) is 17.9. The van der Waals surface area contributed by atoms with Gasteiger partial charge in [0.15, 0.2) is 0 Å². The van der Waals surface area contributed by atoms with Crippen LogP contribution in [0.5, 0.6) is 0 Å². The monoisotopic (exact) mass is 351 g/mol. The van der Waals surface area contributed by atoms with Gasteiger partial charge in [0.1, 0.15) is 5.82 Å². The van der Waals surface area contributed by atoms with Crippen molar-refractivity contribution in [2.45, 2.75) is 26.3 Å². The summed E-state index contributed by atoms with van der Waals surface area (Å²) in [6, 6.07) is 3.78. The number of carbonyl (C=O) groups is 3. The van der Waals surface area contributed by atoms with Gasteiger partial charge in [-0.3, -0.25) is 14.4 Å². The van der Waals surface area contributed by atoms with Crippen molar-refractivity contribution in [3.05, 3.63) is 29.6 Å². The standard InChI is InChI=1S/C17H22FN3O4/c1-10-7-13(3-4-14(10)18)20-15(23)12-5-6-21(8-12)17(25)16(24)19-11(2)9-22/h3-4,7,11-12,22H,5-6,8-9H2,1-2H3,(H,19,24)(H,20,23)/t11-,12+/m1/s1. The number of benzene rings is 1. The first-order chi connectivity index (χ1) is 11.8. The van der Waals surface area contributed by atoms with Crippen molar-refractivity contribution in [1.29, 1.82) is 0 Å². The smallest absolute Gasteiger partial charge is 0.311 e.